The first-order chi connectivity index (χ1) is 8.28. The second kappa shape index (κ2) is 6.43. The molecule has 0 aliphatic rings. The van der Waals surface area contributed by atoms with Crippen LogP contribution in [0.1, 0.15) is 26.3 Å². The first-order valence-electron chi connectivity index (χ1n) is 5.60. The average molecular weight is 290 g/mol. The molecule has 0 aliphatic carbocycles. The molecule has 0 bridgehead atoms. The minimum Gasteiger partial charge on any atom is -0.351 e. The number of amides is 1. The summed E-state index contributed by atoms with van der Waals surface area (Å²) < 4.78 is 13.4. The van der Waals surface area contributed by atoms with Crippen molar-refractivity contribution >= 4 is 29.3 Å². The van der Waals surface area contributed by atoms with Crippen LogP contribution in [0.3, 0.4) is 0 Å². The summed E-state index contributed by atoms with van der Waals surface area (Å²) in [7, 11) is 0. The molecule has 0 heterocycles. The maximum Gasteiger partial charge on any atom is 0.230 e. The average Bonchev–Trinajstić information content (AvgIpc) is 2.18. The molecule has 18 heavy (non-hydrogen) atoms. The summed E-state index contributed by atoms with van der Waals surface area (Å²) in [6, 6.07) is 4.58. The summed E-state index contributed by atoms with van der Waals surface area (Å²) in [5, 5.41) is 3.24. The number of halogens is 2. The van der Waals surface area contributed by atoms with Crippen molar-refractivity contribution in [1.82, 2.24) is 5.32 Å². The van der Waals surface area contributed by atoms with E-state index < -0.39 is 0 Å². The lowest BCUT2D eigenvalue weighted by Gasteiger charge is -2.20. The van der Waals surface area contributed by atoms with Gasteiger partial charge in [-0.3, -0.25) is 4.79 Å². The molecule has 1 rings (SSSR count). The number of rotatable bonds is 4. The molecule has 0 saturated carbocycles. The van der Waals surface area contributed by atoms with Crippen molar-refractivity contribution in [3.05, 3.63) is 34.6 Å². The third-order valence-electron chi connectivity index (χ3n) is 2.02. The molecule has 0 radical (unpaired) electrons. The Morgan fingerprint density at radius 3 is 2.67 bits per heavy atom. The Balaban J connectivity index is 2.40. The van der Waals surface area contributed by atoms with E-state index in [-0.39, 0.29) is 17.3 Å². The van der Waals surface area contributed by atoms with Crippen LogP contribution >= 0.6 is 23.4 Å². The molecule has 100 valence electrons. The summed E-state index contributed by atoms with van der Waals surface area (Å²) in [6.45, 7) is 5.78. The van der Waals surface area contributed by atoms with Crippen molar-refractivity contribution in [1.29, 1.82) is 0 Å². The SMILES string of the molecule is CC(C)(C)NC(=O)CSCc1ccc(Cl)cc1F. The van der Waals surface area contributed by atoms with Gasteiger partial charge in [0, 0.05) is 16.3 Å². The summed E-state index contributed by atoms with van der Waals surface area (Å²) in [4.78, 5) is 11.5. The zero-order chi connectivity index (χ0) is 13.8. The Morgan fingerprint density at radius 1 is 1.44 bits per heavy atom. The van der Waals surface area contributed by atoms with Crippen LogP contribution in [0.2, 0.25) is 5.02 Å². The van der Waals surface area contributed by atoms with Gasteiger partial charge in [-0.25, -0.2) is 4.39 Å². The third-order valence-corrected chi connectivity index (χ3v) is 3.24. The lowest BCUT2D eigenvalue weighted by molar-refractivity contribution is -0.119. The highest BCUT2D eigenvalue weighted by Crippen LogP contribution is 2.19. The fourth-order valence-electron chi connectivity index (χ4n) is 1.35. The molecular weight excluding hydrogens is 273 g/mol. The van der Waals surface area contributed by atoms with Gasteiger partial charge in [-0.2, -0.15) is 0 Å². The second-order valence-corrected chi connectivity index (χ2v) is 6.45. The number of carbonyl (C=O) groups excluding carboxylic acids is 1. The van der Waals surface area contributed by atoms with Gasteiger partial charge in [0.05, 0.1) is 5.75 Å². The third kappa shape index (κ3) is 5.74. The van der Waals surface area contributed by atoms with E-state index in [9.17, 15) is 9.18 Å². The van der Waals surface area contributed by atoms with E-state index in [1.807, 2.05) is 20.8 Å². The minimum absolute atomic E-state index is 0.0399. The van der Waals surface area contributed by atoms with Crippen molar-refractivity contribution in [2.24, 2.45) is 0 Å². The van der Waals surface area contributed by atoms with Gasteiger partial charge in [-0.15, -0.1) is 11.8 Å². The smallest absolute Gasteiger partial charge is 0.230 e. The zero-order valence-corrected chi connectivity index (χ0v) is 12.3. The van der Waals surface area contributed by atoms with E-state index in [1.54, 1.807) is 12.1 Å². The number of hydrogen-bond donors (Lipinski definition) is 1. The highest BCUT2D eigenvalue weighted by molar-refractivity contribution is 7.99. The van der Waals surface area contributed by atoms with E-state index in [0.29, 0.717) is 22.1 Å². The highest BCUT2D eigenvalue weighted by Gasteiger charge is 2.13. The van der Waals surface area contributed by atoms with Crippen LogP contribution in [0, 0.1) is 5.82 Å². The minimum atomic E-state index is -0.328. The quantitative estimate of drug-likeness (QED) is 0.917. The van der Waals surface area contributed by atoms with Crippen LogP contribution in [-0.4, -0.2) is 17.2 Å². The van der Waals surface area contributed by atoms with Crippen LogP contribution in [0.4, 0.5) is 4.39 Å². The predicted molar refractivity (Wildman–Crippen MR) is 75.5 cm³/mol. The van der Waals surface area contributed by atoms with Gasteiger partial charge in [0.1, 0.15) is 5.82 Å². The fourth-order valence-corrected chi connectivity index (χ4v) is 2.32. The van der Waals surface area contributed by atoms with Crippen molar-refractivity contribution in [3.8, 4) is 0 Å². The van der Waals surface area contributed by atoms with Crippen molar-refractivity contribution < 1.29 is 9.18 Å². The maximum atomic E-state index is 13.4. The van der Waals surface area contributed by atoms with Gasteiger partial charge in [0.25, 0.3) is 0 Å². The molecule has 1 amide bonds. The predicted octanol–water partition coefficient (Wildman–Crippen LogP) is 3.63. The number of carbonyl (C=O) groups is 1. The molecular formula is C13H17ClFNOS. The van der Waals surface area contributed by atoms with Crippen LogP contribution in [0.15, 0.2) is 18.2 Å². The first kappa shape index (κ1) is 15.3. The largest absolute Gasteiger partial charge is 0.351 e. The Kier molecular flexibility index (Phi) is 5.47. The van der Waals surface area contributed by atoms with Gasteiger partial charge in [-0.1, -0.05) is 17.7 Å². The van der Waals surface area contributed by atoms with Crippen molar-refractivity contribution in [2.75, 3.05) is 5.75 Å². The van der Waals surface area contributed by atoms with Crippen molar-refractivity contribution in [3.63, 3.8) is 0 Å². The molecule has 0 atom stereocenters. The molecule has 1 N–H and O–H groups in total. The molecule has 0 spiro atoms. The van der Waals surface area contributed by atoms with E-state index in [2.05, 4.69) is 5.32 Å². The molecule has 2 nitrogen and oxygen atoms in total. The molecule has 1 aromatic carbocycles. The van der Waals surface area contributed by atoms with Gasteiger partial charge >= 0.3 is 0 Å². The lowest BCUT2D eigenvalue weighted by Crippen LogP contribution is -2.41. The van der Waals surface area contributed by atoms with Gasteiger partial charge < -0.3 is 5.32 Å². The Bertz CT molecular complexity index is 431. The highest BCUT2D eigenvalue weighted by atomic mass is 35.5. The molecule has 0 saturated heterocycles. The standard InChI is InChI=1S/C13H17ClFNOS/c1-13(2,3)16-12(17)8-18-7-9-4-5-10(14)6-11(9)15/h4-6H,7-8H2,1-3H3,(H,16,17). The normalized spacial score (nSPS) is 11.4. The molecule has 0 unspecified atom stereocenters. The molecule has 0 aromatic heterocycles. The number of nitrogens with one attached hydrogen (secondary N) is 1. The molecule has 1 aromatic rings. The van der Waals surface area contributed by atoms with Gasteiger partial charge in [0.15, 0.2) is 0 Å². The van der Waals surface area contributed by atoms with Crippen LogP contribution < -0.4 is 5.32 Å². The second-order valence-electron chi connectivity index (χ2n) is 5.03. The van der Waals surface area contributed by atoms with Gasteiger partial charge in [-0.05, 0) is 38.5 Å². The first-order valence-corrected chi connectivity index (χ1v) is 7.14. The fraction of sp³-hybridized carbons (Fsp3) is 0.462. The summed E-state index contributed by atoms with van der Waals surface area (Å²) >= 11 is 7.04. The maximum absolute atomic E-state index is 13.4. The van der Waals surface area contributed by atoms with Crippen LogP contribution in [0.5, 0.6) is 0 Å². The monoisotopic (exact) mass is 289 g/mol. The zero-order valence-electron chi connectivity index (χ0n) is 10.7. The van der Waals surface area contributed by atoms with E-state index >= 15 is 0 Å². The van der Waals surface area contributed by atoms with Crippen LogP contribution in [-0.2, 0) is 10.5 Å². The molecule has 5 heteroatoms. The Morgan fingerprint density at radius 2 is 2.11 bits per heavy atom. The van der Waals surface area contributed by atoms with Crippen LogP contribution in [0.25, 0.3) is 0 Å². The Labute approximate surface area is 116 Å². The van der Waals surface area contributed by atoms with E-state index in [1.165, 1.54) is 17.8 Å². The summed E-state index contributed by atoms with van der Waals surface area (Å²) in [5.74, 6) is 0.410. The van der Waals surface area contributed by atoms with Gasteiger partial charge in [0.2, 0.25) is 5.91 Å². The topological polar surface area (TPSA) is 29.1 Å². The number of benzene rings is 1. The molecule has 0 aliphatic heterocycles. The Hall–Kier alpha value is -0.740. The number of hydrogen-bond acceptors (Lipinski definition) is 2. The molecule has 0 fully saturated rings. The summed E-state index contributed by atoms with van der Waals surface area (Å²) in [6.07, 6.45) is 0. The summed E-state index contributed by atoms with van der Waals surface area (Å²) in [5.41, 5.74) is 0.330. The van der Waals surface area contributed by atoms with Crippen molar-refractivity contribution in [2.45, 2.75) is 32.1 Å². The van der Waals surface area contributed by atoms with E-state index in [4.69, 9.17) is 11.6 Å². The van der Waals surface area contributed by atoms with E-state index in [0.717, 1.165) is 0 Å². The lowest BCUT2D eigenvalue weighted by atomic mass is 10.1. The number of thioether (sulfide) groups is 1.